The summed E-state index contributed by atoms with van der Waals surface area (Å²) in [5.41, 5.74) is 7.68. The van der Waals surface area contributed by atoms with Gasteiger partial charge in [0.25, 0.3) is 0 Å². The number of likely N-dealkylation sites (tertiary alicyclic amines) is 1. The predicted molar refractivity (Wildman–Crippen MR) is 124 cm³/mol. The number of benzene rings is 2. The predicted octanol–water partition coefficient (Wildman–Crippen LogP) is 3.88. The maximum Gasteiger partial charge on any atom is 0.407 e. The van der Waals surface area contributed by atoms with E-state index < -0.39 is 6.09 Å². The number of nitrogens with zero attached hydrogens (tertiary/aromatic N) is 4. The van der Waals surface area contributed by atoms with Gasteiger partial charge < -0.3 is 20.5 Å². The summed E-state index contributed by atoms with van der Waals surface area (Å²) in [4.78, 5) is 30.7. The van der Waals surface area contributed by atoms with Gasteiger partial charge in [-0.15, -0.1) is 0 Å². The zero-order valence-electron chi connectivity index (χ0n) is 17.8. The summed E-state index contributed by atoms with van der Waals surface area (Å²) in [5.74, 6) is 1.59. The maximum absolute atomic E-state index is 13.6. The van der Waals surface area contributed by atoms with E-state index in [1.807, 2.05) is 30.3 Å². The van der Waals surface area contributed by atoms with Crippen LogP contribution in [0.3, 0.4) is 0 Å². The number of carboxylic acid groups (broad SMARTS) is 1. The normalized spacial score (nSPS) is 16.1. The molecule has 1 unspecified atom stereocenters. The minimum absolute atomic E-state index is 0.235. The van der Waals surface area contributed by atoms with Crippen molar-refractivity contribution in [3.05, 3.63) is 77.3 Å². The molecule has 1 saturated heterocycles. The number of rotatable bonds is 4. The molecule has 1 fully saturated rings. The summed E-state index contributed by atoms with van der Waals surface area (Å²) in [6, 6.07) is 18.1. The molecule has 0 saturated carbocycles. The van der Waals surface area contributed by atoms with Gasteiger partial charge in [-0.2, -0.15) is 0 Å². The highest BCUT2D eigenvalue weighted by Gasteiger charge is 2.29. The number of para-hydroxylation sites is 1. The molecule has 2 aromatic carbocycles. The van der Waals surface area contributed by atoms with E-state index in [1.165, 1.54) is 9.47 Å². The van der Waals surface area contributed by atoms with Gasteiger partial charge in [0.1, 0.15) is 22.8 Å². The van der Waals surface area contributed by atoms with E-state index in [0.29, 0.717) is 47.6 Å². The molecule has 3 N–H and O–H groups in total. The number of hydrogen-bond acceptors (Lipinski definition) is 5. The maximum atomic E-state index is 13.6. The summed E-state index contributed by atoms with van der Waals surface area (Å²) in [6.45, 7) is 0.715. The van der Waals surface area contributed by atoms with Gasteiger partial charge in [0.15, 0.2) is 0 Å². The molecule has 1 aliphatic rings. The fourth-order valence-corrected chi connectivity index (χ4v) is 4.41. The summed E-state index contributed by atoms with van der Waals surface area (Å²) in [5, 5.41) is 9.44. The number of pyridine rings is 1. The number of fused-ring (bicyclic) bond motifs is 1. The molecule has 1 aliphatic heterocycles. The van der Waals surface area contributed by atoms with E-state index in [4.69, 9.17) is 10.5 Å². The van der Waals surface area contributed by atoms with Crippen molar-refractivity contribution in [1.82, 2.24) is 19.0 Å². The Labute approximate surface area is 189 Å². The lowest BCUT2D eigenvalue weighted by Gasteiger charge is -2.31. The van der Waals surface area contributed by atoms with Gasteiger partial charge in [-0.1, -0.05) is 18.2 Å². The number of amides is 1. The molecule has 1 amide bonds. The van der Waals surface area contributed by atoms with Crippen molar-refractivity contribution in [1.29, 1.82) is 0 Å². The quantitative estimate of drug-likeness (QED) is 0.493. The first-order valence-corrected chi connectivity index (χ1v) is 10.7. The van der Waals surface area contributed by atoms with Gasteiger partial charge >= 0.3 is 11.8 Å². The molecule has 0 aliphatic carbocycles. The molecule has 168 valence electrons. The van der Waals surface area contributed by atoms with Crippen LogP contribution in [0.1, 0.15) is 18.9 Å². The van der Waals surface area contributed by atoms with Gasteiger partial charge in [0.05, 0.1) is 17.2 Å². The van der Waals surface area contributed by atoms with Crippen molar-refractivity contribution < 1.29 is 14.6 Å². The highest BCUT2D eigenvalue weighted by Crippen LogP contribution is 2.29. The molecule has 3 heterocycles. The lowest BCUT2D eigenvalue weighted by atomic mass is 10.1. The van der Waals surface area contributed by atoms with Crippen LogP contribution in [-0.4, -0.2) is 43.3 Å². The van der Waals surface area contributed by atoms with Gasteiger partial charge in [-0.05, 0) is 55.3 Å². The first-order valence-electron chi connectivity index (χ1n) is 10.7. The van der Waals surface area contributed by atoms with Crippen LogP contribution in [0.15, 0.2) is 71.7 Å². The van der Waals surface area contributed by atoms with Crippen LogP contribution in [0.5, 0.6) is 11.5 Å². The van der Waals surface area contributed by atoms with Gasteiger partial charge in [-0.25, -0.2) is 14.6 Å². The van der Waals surface area contributed by atoms with Crippen LogP contribution in [0.25, 0.3) is 16.7 Å². The molecular formula is C24H23N5O4. The number of hydrogen-bond donors (Lipinski definition) is 2. The number of ether oxygens (including phenoxy) is 1. The van der Waals surface area contributed by atoms with Crippen molar-refractivity contribution in [3.8, 4) is 17.2 Å². The molecule has 1 atom stereocenters. The Kier molecular flexibility index (Phi) is 5.21. The Hall–Kier alpha value is -4.27. The summed E-state index contributed by atoms with van der Waals surface area (Å²) < 4.78 is 9.04. The van der Waals surface area contributed by atoms with E-state index >= 15 is 0 Å². The van der Waals surface area contributed by atoms with Crippen molar-refractivity contribution in [3.63, 3.8) is 0 Å². The highest BCUT2D eigenvalue weighted by molar-refractivity contribution is 5.87. The number of imidazole rings is 1. The standard InChI is InChI=1S/C24H23N5O4/c25-22-21-20(12-13-26-22)28(17-5-4-14-27(15-17)24(31)32)23(30)29(21)16-8-10-19(11-9-16)33-18-6-2-1-3-7-18/h1-3,6-13,17H,4-5,14-15H2,(H2,25,26)(H,31,32). The first-order chi connectivity index (χ1) is 16.0. The number of nitrogen functional groups attached to an aromatic ring is 1. The van der Waals surface area contributed by atoms with E-state index in [0.717, 1.165) is 0 Å². The summed E-state index contributed by atoms with van der Waals surface area (Å²) in [7, 11) is 0. The number of anilines is 1. The third-order valence-corrected chi connectivity index (χ3v) is 5.92. The van der Waals surface area contributed by atoms with Crippen LogP contribution in [0.4, 0.5) is 10.6 Å². The minimum Gasteiger partial charge on any atom is -0.465 e. The third-order valence-electron chi connectivity index (χ3n) is 5.92. The second kappa shape index (κ2) is 8.34. The molecule has 9 heteroatoms. The molecule has 0 radical (unpaired) electrons. The zero-order valence-corrected chi connectivity index (χ0v) is 17.8. The molecule has 0 bridgehead atoms. The Bertz CT molecular complexity index is 1360. The van der Waals surface area contributed by atoms with Gasteiger partial charge in [-0.3, -0.25) is 9.13 Å². The van der Waals surface area contributed by atoms with Crippen LogP contribution in [-0.2, 0) is 0 Å². The van der Waals surface area contributed by atoms with Crippen LogP contribution in [0.2, 0.25) is 0 Å². The second-order valence-corrected chi connectivity index (χ2v) is 7.99. The average Bonchev–Trinajstić information content (AvgIpc) is 3.13. The van der Waals surface area contributed by atoms with Gasteiger partial charge in [0.2, 0.25) is 0 Å². The van der Waals surface area contributed by atoms with Crippen molar-refractivity contribution in [2.75, 3.05) is 18.8 Å². The van der Waals surface area contributed by atoms with Crippen molar-refractivity contribution in [2.24, 2.45) is 0 Å². The Morgan fingerprint density at radius 2 is 1.79 bits per heavy atom. The molecule has 4 aromatic rings. The molecule has 5 rings (SSSR count). The molecule has 0 spiro atoms. The van der Waals surface area contributed by atoms with Crippen LogP contribution in [0, 0.1) is 0 Å². The molecule has 33 heavy (non-hydrogen) atoms. The zero-order chi connectivity index (χ0) is 22.9. The Balaban J connectivity index is 1.57. The largest absolute Gasteiger partial charge is 0.465 e. The lowest BCUT2D eigenvalue weighted by Crippen LogP contribution is -2.42. The molecule has 2 aromatic heterocycles. The molecule has 9 nitrogen and oxygen atoms in total. The Morgan fingerprint density at radius 1 is 1.06 bits per heavy atom. The minimum atomic E-state index is -0.980. The SMILES string of the molecule is Nc1nccc2c1n(-c1ccc(Oc3ccccc3)cc1)c(=O)n2C1CCCN(C(=O)O)C1. The highest BCUT2D eigenvalue weighted by atomic mass is 16.5. The summed E-state index contributed by atoms with van der Waals surface area (Å²) >= 11 is 0. The first kappa shape index (κ1) is 20.6. The van der Waals surface area contributed by atoms with Crippen molar-refractivity contribution >= 4 is 22.9 Å². The smallest absolute Gasteiger partial charge is 0.407 e. The molecular weight excluding hydrogens is 422 g/mol. The van der Waals surface area contributed by atoms with E-state index in [1.54, 1.807) is 41.1 Å². The van der Waals surface area contributed by atoms with E-state index in [-0.39, 0.29) is 24.1 Å². The monoisotopic (exact) mass is 445 g/mol. The van der Waals surface area contributed by atoms with E-state index in [2.05, 4.69) is 4.98 Å². The van der Waals surface area contributed by atoms with Gasteiger partial charge in [0, 0.05) is 19.3 Å². The number of carbonyl (C=O) groups is 1. The summed E-state index contributed by atoms with van der Waals surface area (Å²) in [6.07, 6.45) is 1.97. The van der Waals surface area contributed by atoms with Crippen LogP contribution >= 0.6 is 0 Å². The van der Waals surface area contributed by atoms with Crippen molar-refractivity contribution in [2.45, 2.75) is 18.9 Å². The number of nitrogens with two attached hydrogens (primary N) is 1. The number of piperidine rings is 1. The fraction of sp³-hybridized carbons (Fsp3) is 0.208. The topological polar surface area (TPSA) is 116 Å². The second-order valence-electron chi connectivity index (χ2n) is 7.99. The average molecular weight is 445 g/mol. The lowest BCUT2D eigenvalue weighted by molar-refractivity contribution is 0.121. The van der Waals surface area contributed by atoms with E-state index in [9.17, 15) is 14.7 Å². The Morgan fingerprint density at radius 3 is 2.52 bits per heavy atom. The van der Waals surface area contributed by atoms with Crippen LogP contribution < -0.4 is 16.2 Å². The third kappa shape index (κ3) is 3.78. The number of aromatic nitrogens is 3. The fourth-order valence-electron chi connectivity index (χ4n) is 4.41.